The smallest absolute Gasteiger partial charge is 0.279 e. The first-order valence-electron chi connectivity index (χ1n) is 7.33. The average molecular weight is 316 g/mol. The third-order valence-corrected chi connectivity index (χ3v) is 5.37. The number of aromatic nitrogens is 2. The highest BCUT2D eigenvalue weighted by atomic mass is 32.2. The van der Waals surface area contributed by atoms with Crippen LogP contribution in [0.3, 0.4) is 0 Å². The molecule has 2 N–H and O–H groups in total. The van der Waals surface area contributed by atoms with Crippen LogP contribution in [-0.4, -0.2) is 47.3 Å². The summed E-state index contributed by atoms with van der Waals surface area (Å²) in [6.45, 7) is 3.18. The normalized spacial score (nSPS) is 20.8. The number of rotatable bonds is 6. The van der Waals surface area contributed by atoms with Crippen LogP contribution < -0.4 is 4.72 Å². The molecule has 120 valence electrons. The van der Waals surface area contributed by atoms with Crippen molar-refractivity contribution in [2.45, 2.75) is 32.7 Å². The van der Waals surface area contributed by atoms with E-state index in [0.717, 1.165) is 30.5 Å². The largest absolute Gasteiger partial charge is 0.396 e. The first kappa shape index (κ1) is 16.4. The van der Waals surface area contributed by atoms with Gasteiger partial charge >= 0.3 is 0 Å². The summed E-state index contributed by atoms with van der Waals surface area (Å²) in [5.41, 5.74) is 1.81. The second kappa shape index (κ2) is 6.87. The molecule has 0 aliphatic carbocycles. The van der Waals surface area contributed by atoms with Gasteiger partial charge in [-0.3, -0.25) is 4.68 Å². The molecular weight excluding hydrogens is 292 g/mol. The van der Waals surface area contributed by atoms with E-state index in [-0.39, 0.29) is 19.1 Å². The summed E-state index contributed by atoms with van der Waals surface area (Å²) in [6, 6.07) is 0. The number of piperidine rings is 1. The summed E-state index contributed by atoms with van der Waals surface area (Å²) in [4.78, 5) is 0. The van der Waals surface area contributed by atoms with Crippen LogP contribution in [0.1, 0.15) is 31.0 Å². The van der Waals surface area contributed by atoms with Gasteiger partial charge in [0.25, 0.3) is 10.2 Å². The van der Waals surface area contributed by atoms with Gasteiger partial charge in [-0.1, -0.05) is 6.92 Å². The molecule has 1 unspecified atom stereocenters. The van der Waals surface area contributed by atoms with E-state index in [1.54, 1.807) is 4.68 Å². The maximum Gasteiger partial charge on any atom is 0.279 e. The maximum atomic E-state index is 12.3. The first-order valence-corrected chi connectivity index (χ1v) is 8.77. The Balaban J connectivity index is 2.00. The monoisotopic (exact) mass is 316 g/mol. The SMILES string of the molecule is CCc1nn(C)cc1CNS(=O)(=O)N1CCCC(CO)C1. The summed E-state index contributed by atoms with van der Waals surface area (Å²) in [5, 5.41) is 13.5. The van der Waals surface area contributed by atoms with E-state index in [9.17, 15) is 13.5 Å². The number of nitrogens with one attached hydrogen (secondary N) is 1. The quantitative estimate of drug-likeness (QED) is 0.774. The Hall–Kier alpha value is -0.960. The first-order chi connectivity index (χ1) is 9.96. The van der Waals surface area contributed by atoms with Crippen LogP contribution in [0.4, 0.5) is 0 Å². The molecule has 0 saturated carbocycles. The second-order valence-electron chi connectivity index (χ2n) is 5.50. The lowest BCUT2D eigenvalue weighted by molar-refractivity contribution is 0.164. The Bertz CT molecular complexity index is 570. The number of aliphatic hydroxyl groups is 1. The molecule has 0 bridgehead atoms. The van der Waals surface area contributed by atoms with Gasteiger partial charge in [0, 0.05) is 45.0 Å². The highest BCUT2D eigenvalue weighted by Crippen LogP contribution is 2.18. The van der Waals surface area contributed by atoms with Crippen LogP contribution in [0.2, 0.25) is 0 Å². The van der Waals surface area contributed by atoms with Crippen molar-refractivity contribution in [3.8, 4) is 0 Å². The maximum absolute atomic E-state index is 12.3. The van der Waals surface area contributed by atoms with Crippen molar-refractivity contribution < 1.29 is 13.5 Å². The molecule has 2 rings (SSSR count). The lowest BCUT2D eigenvalue weighted by Crippen LogP contribution is -2.46. The van der Waals surface area contributed by atoms with Crippen LogP contribution in [-0.2, 0) is 30.2 Å². The minimum Gasteiger partial charge on any atom is -0.396 e. The fraction of sp³-hybridized carbons (Fsp3) is 0.769. The number of hydrogen-bond acceptors (Lipinski definition) is 4. The van der Waals surface area contributed by atoms with Crippen LogP contribution >= 0.6 is 0 Å². The fourth-order valence-electron chi connectivity index (χ4n) is 2.68. The van der Waals surface area contributed by atoms with Gasteiger partial charge in [-0.2, -0.15) is 22.5 Å². The van der Waals surface area contributed by atoms with Crippen LogP contribution in [0.5, 0.6) is 0 Å². The average Bonchev–Trinajstić information content (AvgIpc) is 2.85. The van der Waals surface area contributed by atoms with E-state index in [2.05, 4.69) is 9.82 Å². The molecule has 1 aliphatic heterocycles. The minimum atomic E-state index is -3.51. The topological polar surface area (TPSA) is 87.5 Å². The van der Waals surface area contributed by atoms with E-state index in [4.69, 9.17) is 0 Å². The Morgan fingerprint density at radius 2 is 2.29 bits per heavy atom. The van der Waals surface area contributed by atoms with Crippen molar-refractivity contribution >= 4 is 10.2 Å². The summed E-state index contributed by atoms with van der Waals surface area (Å²) < 4.78 is 30.4. The van der Waals surface area contributed by atoms with Gasteiger partial charge in [0.15, 0.2) is 0 Å². The van der Waals surface area contributed by atoms with E-state index in [1.807, 2.05) is 20.2 Å². The van der Waals surface area contributed by atoms with Gasteiger partial charge in [0.2, 0.25) is 0 Å². The molecule has 1 saturated heterocycles. The highest BCUT2D eigenvalue weighted by molar-refractivity contribution is 7.87. The molecule has 0 amide bonds. The van der Waals surface area contributed by atoms with Crippen molar-refractivity contribution in [1.82, 2.24) is 18.8 Å². The number of nitrogens with zero attached hydrogens (tertiary/aromatic N) is 3. The Labute approximate surface area is 126 Å². The summed E-state index contributed by atoms with van der Waals surface area (Å²) in [7, 11) is -1.68. The second-order valence-corrected chi connectivity index (χ2v) is 7.26. The molecule has 1 aromatic rings. The number of aliphatic hydroxyl groups excluding tert-OH is 1. The molecule has 1 aliphatic rings. The predicted octanol–water partition coefficient (Wildman–Crippen LogP) is 0.0212. The number of hydrogen-bond donors (Lipinski definition) is 2. The van der Waals surface area contributed by atoms with Gasteiger partial charge in [-0.15, -0.1) is 0 Å². The van der Waals surface area contributed by atoms with E-state index >= 15 is 0 Å². The van der Waals surface area contributed by atoms with Crippen molar-refractivity contribution in [1.29, 1.82) is 0 Å². The lowest BCUT2D eigenvalue weighted by atomic mass is 10.0. The van der Waals surface area contributed by atoms with Gasteiger partial charge in [0.1, 0.15) is 0 Å². The van der Waals surface area contributed by atoms with Gasteiger partial charge < -0.3 is 5.11 Å². The molecule has 1 aromatic heterocycles. The summed E-state index contributed by atoms with van der Waals surface area (Å²) >= 11 is 0. The van der Waals surface area contributed by atoms with Crippen molar-refractivity contribution in [2.75, 3.05) is 19.7 Å². The van der Waals surface area contributed by atoms with Gasteiger partial charge in [0.05, 0.1) is 5.69 Å². The molecule has 1 fully saturated rings. The molecule has 0 aromatic carbocycles. The fourth-order valence-corrected chi connectivity index (χ4v) is 3.98. The van der Waals surface area contributed by atoms with Crippen molar-refractivity contribution in [3.63, 3.8) is 0 Å². The Kier molecular flexibility index (Phi) is 5.37. The Morgan fingerprint density at radius 1 is 1.52 bits per heavy atom. The molecule has 0 spiro atoms. The van der Waals surface area contributed by atoms with Crippen LogP contribution in [0.25, 0.3) is 0 Å². The molecule has 7 nitrogen and oxygen atoms in total. The number of aryl methyl sites for hydroxylation is 2. The van der Waals surface area contributed by atoms with E-state index in [0.29, 0.717) is 13.1 Å². The third kappa shape index (κ3) is 4.03. The summed E-state index contributed by atoms with van der Waals surface area (Å²) in [5.74, 6) is 0.0416. The minimum absolute atomic E-state index is 0.0363. The van der Waals surface area contributed by atoms with E-state index in [1.165, 1.54) is 4.31 Å². The molecule has 8 heteroatoms. The van der Waals surface area contributed by atoms with E-state index < -0.39 is 10.2 Å². The third-order valence-electron chi connectivity index (χ3n) is 3.85. The molecular formula is C13H24N4O3S. The lowest BCUT2D eigenvalue weighted by Gasteiger charge is -2.30. The van der Waals surface area contributed by atoms with Gasteiger partial charge in [-0.05, 0) is 25.2 Å². The van der Waals surface area contributed by atoms with Crippen LogP contribution in [0.15, 0.2) is 6.20 Å². The standard InChI is InChI=1S/C13H24N4O3S/c1-3-13-12(9-16(2)15-13)7-14-21(19,20)17-6-4-5-11(8-17)10-18/h9,11,14,18H,3-8,10H2,1-2H3. The zero-order valence-corrected chi connectivity index (χ0v) is 13.4. The van der Waals surface area contributed by atoms with Crippen molar-refractivity contribution in [2.24, 2.45) is 13.0 Å². The van der Waals surface area contributed by atoms with Crippen LogP contribution in [0, 0.1) is 5.92 Å². The molecule has 1 atom stereocenters. The zero-order chi connectivity index (χ0) is 15.5. The van der Waals surface area contributed by atoms with Crippen molar-refractivity contribution in [3.05, 3.63) is 17.5 Å². The van der Waals surface area contributed by atoms with Gasteiger partial charge in [-0.25, -0.2) is 0 Å². The summed E-state index contributed by atoms with van der Waals surface area (Å²) in [6.07, 6.45) is 4.28. The Morgan fingerprint density at radius 3 is 2.95 bits per heavy atom. The predicted molar refractivity (Wildman–Crippen MR) is 79.7 cm³/mol. The highest BCUT2D eigenvalue weighted by Gasteiger charge is 2.28. The zero-order valence-electron chi connectivity index (χ0n) is 12.6. The molecule has 2 heterocycles. The molecule has 21 heavy (non-hydrogen) atoms. The molecule has 0 radical (unpaired) electrons.